The summed E-state index contributed by atoms with van der Waals surface area (Å²) in [4.78, 5) is 23.5. The first-order chi connectivity index (χ1) is 6.91. The van der Waals surface area contributed by atoms with Crippen molar-refractivity contribution in [2.24, 2.45) is 0 Å². The van der Waals surface area contributed by atoms with E-state index < -0.39 is 29.9 Å². The SMILES string of the molecule is Cc1cc(=O)[nH]c(CC(=O)O)c1C(F)F. The first-order valence-corrected chi connectivity index (χ1v) is 4.14. The van der Waals surface area contributed by atoms with Crippen LogP contribution in [-0.2, 0) is 11.2 Å². The highest BCUT2D eigenvalue weighted by atomic mass is 19.3. The minimum absolute atomic E-state index is 0.102. The molecule has 0 aliphatic heterocycles. The molecule has 6 heteroatoms. The summed E-state index contributed by atoms with van der Waals surface area (Å²) in [5.41, 5.74) is -1.11. The maximum atomic E-state index is 12.6. The van der Waals surface area contributed by atoms with E-state index in [1.807, 2.05) is 0 Å². The van der Waals surface area contributed by atoms with Crippen molar-refractivity contribution in [2.45, 2.75) is 19.8 Å². The van der Waals surface area contributed by atoms with E-state index in [0.717, 1.165) is 6.07 Å². The number of aliphatic carboxylic acids is 1. The monoisotopic (exact) mass is 217 g/mol. The van der Waals surface area contributed by atoms with Crippen molar-refractivity contribution < 1.29 is 18.7 Å². The number of alkyl halides is 2. The maximum Gasteiger partial charge on any atom is 0.309 e. The van der Waals surface area contributed by atoms with Gasteiger partial charge in [0.15, 0.2) is 0 Å². The third kappa shape index (κ3) is 2.61. The van der Waals surface area contributed by atoms with Crippen LogP contribution in [0, 0.1) is 6.92 Å². The standard InChI is InChI=1S/C9H9F2NO3/c1-4-2-6(13)12-5(3-7(14)15)8(4)9(10)11/h2,9H,3H2,1H3,(H,12,13)(H,14,15). The van der Waals surface area contributed by atoms with Crippen LogP contribution >= 0.6 is 0 Å². The van der Waals surface area contributed by atoms with Gasteiger partial charge < -0.3 is 10.1 Å². The number of carboxylic acid groups (broad SMARTS) is 1. The molecule has 0 atom stereocenters. The molecular weight excluding hydrogens is 208 g/mol. The highest BCUT2D eigenvalue weighted by molar-refractivity contribution is 5.70. The van der Waals surface area contributed by atoms with Gasteiger partial charge in [-0.1, -0.05) is 0 Å². The molecule has 0 amide bonds. The quantitative estimate of drug-likeness (QED) is 0.800. The summed E-state index contributed by atoms with van der Waals surface area (Å²) >= 11 is 0. The third-order valence-electron chi connectivity index (χ3n) is 1.92. The average molecular weight is 217 g/mol. The maximum absolute atomic E-state index is 12.6. The molecule has 1 aromatic heterocycles. The lowest BCUT2D eigenvalue weighted by Gasteiger charge is -2.09. The van der Waals surface area contributed by atoms with E-state index in [2.05, 4.69) is 4.98 Å². The molecular formula is C9H9F2NO3. The fraction of sp³-hybridized carbons (Fsp3) is 0.333. The second kappa shape index (κ2) is 4.20. The molecule has 0 saturated heterocycles. The Balaban J connectivity index is 3.33. The second-order valence-electron chi connectivity index (χ2n) is 3.08. The van der Waals surface area contributed by atoms with Crippen LogP contribution in [0.5, 0.6) is 0 Å². The molecule has 1 rings (SSSR count). The van der Waals surface area contributed by atoms with Crippen molar-refractivity contribution in [1.29, 1.82) is 0 Å². The minimum Gasteiger partial charge on any atom is -0.481 e. The number of halogens is 2. The molecule has 0 aliphatic carbocycles. The molecule has 0 aromatic carbocycles. The predicted octanol–water partition coefficient (Wildman–Crippen LogP) is 1.25. The van der Waals surface area contributed by atoms with Crippen LogP contribution in [0.3, 0.4) is 0 Å². The van der Waals surface area contributed by atoms with Gasteiger partial charge >= 0.3 is 5.97 Å². The minimum atomic E-state index is -2.80. The molecule has 15 heavy (non-hydrogen) atoms. The van der Waals surface area contributed by atoms with Gasteiger partial charge in [0.2, 0.25) is 5.56 Å². The molecule has 1 heterocycles. The van der Waals surface area contributed by atoms with E-state index in [-0.39, 0.29) is 11.3 Å². The van der Waals surface area contributed by atoms with Crippen LogP contribution in [0.2, 0.25) is 0 Å². The normalized spacial score (nSPS) is 10.7. The first-order valence-electron chi connectivity index (χ1n) is 4.14. The summed E-state index contributed by atoms with van der Waals surface area (Å²) in [6.45, 7) is 1.35. The fourth-order valence-electron chi connectivity index (χ4n) is 1.36. The molecule has 82 valence electrons. The van der Waals surface area contributed by atoms with Crippen molar-refractivity contribution in [3.63, 3.8) is 0 Å². The summed E-state index contributed by atoms with van der Waals surface area (Å²) in [6.07, 6.45) is -3.41. The van der Waals surface area contributed by atoms with Crippen LogP contribution in [0.1, 0.15) is 23.2 Å². The summed E-state index contributed by atoms with van der Waals surface area (Å²) in [5.74, 6) is -1.27. The number of carboxylic acids is 1. The van der Waals surface area contributed by atoms with E-state index in [9.17, 15) is 18.4 Å². The van der Waals surface area contributed by atoms with Gasteiger partial charge in [-0.05, 0) is 12.5 Å². The second-order valence-corrected chi connectivity index (χ2v) is 3.08. The van der Waals surface area contributed by atoms with Gasteiger partial charge in [0.1, 0.15) is 0 Å². The Hall–Kier alpha value is -1.72. The van der Waals surface area contributed by atoms with E-state index in [0.29, 0.717) is 0 Å². The van der Waals surface area contributed by atoms with Crippen molar-refractivity contribution in [3.8, 4) is 0 Å². The van der Waals surface area contributed by atoms with Crippen LogP contribution in [0.25, 0.3) is 0 Å². The zero-order valence-corrected chi connectivity index (χ0v) is 7.88. The molecule has 2 N–H and O–H groups in total. The Morgan fingerprint density at radius 2 is 2.20 bits per heavy atom. The van der Waals surface area contributed by atoms with Gasteiger partial charge in [0.25, 0.3) is 6.43 Å². The highest BCUT2D eigenvalue weighted by Gasteiger charge is 2.18. The lowest BCUT2D eigenvalue weighted by atomic mass is 10.1. The van der Waals surface area contributed by atoms with Crippen LogP contribution in [-0.4, -0.2) is 16.1 Å². The molecule has 0 unspecified atom stereocenters. The largest absolute Gasteiger partial charge is 0.481 e. The number of aromatic nitrogens is 1. The van der Waals surface area contributed by atoms with Crippen molar-refractivity contribution >= 4 is 5.97 Å². The fourth-order valence-corrected chi connectivity index (χ4v) is 1.36. The van der Waals surface area contributed by atoms with E-state index in [1.54, 1.807) is 0 Å². The van der Waals surface area contributed by atoms with Crippen molar-refractivity contribution in [2.75, 3.05) is 0 Å². The molecule has 0 aliphatic rings. The number of aromatic amines is 1. The zero-order chi connectivity index (χ0) is 11.6. The Morgan fingerprint density at radius 1 is 1.60 bits per heavy atom. The number of carbonyl (C=O) groups is 1. The number of hydrogen-bond acceptors (Lipinski definition) is 2. The Bertz CT molecular complexity index is 439. The summed E-state index contributed by atoms with van der Waals surface area (Å²) in [6, 6.07) is 1.02. The van der Waals surface area contributed by atoms with E-state index >= 15 is 0 Å². The Kier molecular flexibility index (Phi) is 3.18. The number of H-pyrrole nitrogens is 1. The summed E-state index contributed by atoms with van der Waals surface area (Å²) < 4.78 is 25.1. The van der Waals surface area contributed by atoms with Gasteiger partial charge in [-0.3, -0.25) is 9.59 Å². The number of hydrogen-bond donors (Lipinski definition) is 2. The first kappa shape index (κ1) is 11.4. The average Bonchev–Trinajstić information content (AvgIpc) is 1.99. The van der Waals surface area contributed by atoms with Gasteiger partial charge in [-0.2, -0.15) is 0 Å². The molecule has 4 nitrogen and oxygen atoms in total. The Morgan fingerprint density at radius 3 is 2.67 bits per heavy atom. The number of nitrogens with one attached hydrogen (secondary N) is 1. The zero-order valence-electron chi connectivity index (χ0n) is 7.88. The Labute approximate surface area is 83.6 Å². The number of pyridine rings is 1. The molecule has 0 radical (unpaired) electrons. The van der Waals surface area contributed by atoms with E-state index in [4.69, 9.17) is 5.11 Å². The number of rotatable bonds is 3. The van der Waals surface area contributed by atoms with Crippen LogP contribution < -0.4 is 5.56 Å². The molecule has 0 spiro atoms. The lowest BCUT2D eigenvalue weighted by molar-refractivity contribution is -0.136. The van der Waals surface area contributed by atoms with E-state index in [1.165, 1.54) is 6.92 Å². The van der Waals surface area contributed by atoms with Gasteiger partial charge in [0, 0.05) is 17.3 Å². The van der Waals surface area contributed by atoms with Gasteiger partial charge in [-0.25, -0.2) is 8.78 Å². The topological polar surface area (TPSA) is 70.2 Å². The molecule has 0 fully saturated rings. The smallest absolute Gasteiger partial charge is 0.309 e. The lowest BCUT2D eigenvalue weighted by Crippen LogP contribution is -2.16. The highest BCUT2D eigenvalue weighted by Crippen LogP contribution is 2.24. The van der Waals surface area contributed by atoms with Gasteiger partial charge in [-0.15, -0.1) is 0 Å². The van der Waals surface area contributed by atoms with Crippen molar-refractivity contribution in [1.82, 2.24) is 4.98 Å². The number of aryl methyl sites for hydroxylation is 1. The summed E-state index contributed by atoms with van der Waals surface area (Å²) in [7, 11) is 0. The molecule has 0 saturated carbocycles. The predicted molar refractivity (Wildman–Crippen MR) is 48.1 cm³/mol. The third-order valence-corrected chi connectivity index (χ3v) is 1.92. The molecule has 1 aromatic rings. The summed E-state index contributed by atoms with van der Waals surface area (Å²) in [5, 5.41) is 8.49. The van der Waals surface area contributed by atoms with Crippen LogP contribution in [0.4, 0.5) is 8.78 Å². The van der Waals surface area contributed by atoms with Gasteiger partial charge in [0.05, 0.1) is 6.42 Å². The van der Waals surface area contributed by atoms with Crippen molar-refractivity contribution in [3.05, 3.63) is 33.2 Å². The van der Waals surface area contributed by atoms with Crippen LogP contribution in [0.15, 0.2) is 10.9 Å². The molecule has 0 bridgehead atoms.